The molecule has 9 heteroatoms. The third kappa shape index (κ3) is 4.89. The van der Waals surface area contributed by atoms with Gasteiger partial charge in [0, 0.05) is 31.0 Å². The summed E-state index contributed by atoms with van der Waals surface area (Å²) in [6, 6.07) is 0. The van der Waals surface area contributed by atoms with Crippen LogP contribution in [0.2, 0.25) is 0 Å². The maximum Gasteiger partial charge on any atom is 0.262 e. The molecule has 0 aromatic carbocycles. The first-order chi connectivity index (χ1) is 14.6. The molecule has 30 heavy (non-hydrogen) atoms. The number of rotatable bonds is 8. The predicted octanol–water partition coefficient (Wildman–Crippen LogP) is 1.53. The SMILES string of the molecule is O=C(CCCNC(=O)Cn1cnc2sc3c(c2c1=O)CCCC3)NCC1CCCO1. The Morgan fingerprint density at radius 1 is 1.20 bits per heavy atom. The number of hydrogen-bond acceptors (Lipinski definition) is 6. The molecule has 2 aliphatic rings. The van der Waals surface area contributed by atoms with Crippen LogP contribution in [0.3, 0.4) is 0 Å². The highest BCUT2D eigenvalue weighted by molar-refractivity contribution is 7.18. The summed E-state index contributed by atoms with van der Waals surface area (Å²) in [5, 5.41) is 6.34. The smallest absolute Gasteiger partial charge is 0.262 e. The molecule has 2 amide bonds. The van der Waals surface area contributed by atoms with Crippen molar-refractivity contribution in [3.05, 3.63) is 27.1 Å². The van der Waals surface area contributed by atoms with Gasteiger partial charge >= 0.3 is 0 Å². The molecule has 1 saturated heterocycles. The molecule has 2 aromatic rings. The van der Waals surface area contributed by atoms with E-state index in [2.05, 4.69) is 15.6 Å². The van der Waals surface area contributed by atoms with Gasteiger partial charge in [-0.25, -0.2) is 4.98 Å². The quantitative estimate of drug-likeness (QED) is 0.616. The number of nitrogens with one attached hydrogen (secondary N) is 2. The highest BCUT2D eigenvalue weighted by atomic mass is 32.1. The summed E-state index contributed by atoms with van der Waals surface area (Å²) in [5.41, 5.74) is 0.991. The van der Waals surface area contributed by atoms with Crippen molar-refractivity contribution in [1.82, 2.24) is 20.2 Å². The van der Waals surface area contributed by atoms with Gasteiger partial charge in [-0.15, -0.1) is 11.3 Å². The Morgan fingerprint density at radius 3 is 2.90 bits per heavy atom. The van der Waals surface area contributed by atoms with Gasteiger partial charge in [-0.1, -0.05) is 0 Å². The molecule has 8 nitrogen and oxygen atoms in total. The van der Waals surface area contributed by atoms with E-state index in [0.717, 1.165) is 55.5 Å². The second kappa shape index (κ2) is 9.70. The Labute approximate surface area is 179 Å². The van der Waals surface area contributed by atoms with Crippen molar-refractivity contribution in [3.8, 4) is 0 Å². The number of aryl methyl sites for hydroxylation is 2. The average molecular weight is 433 g/mol. The third-order valence-electron chi connectivity index (χ3n) is 5.71. The van der Waals surface area contributed by atoms with Gasteiger partial charge in [-0.05, 0) is 50.5 Å². The zero-order valence-electron chi connectivity index (χ0n) is 17.1. The van der Waals surface area contributed by atoms with E-state index in [0.29, 0.717) is 31.3 Å². The van der Waals surface area contributed by atoms with E-state index >= 15 is 0 Å². The van der Waals surface area contributed by atoms with E-state index in [1.807, 2.05) is 0 Å². The van der Waals surface area contributed by atoms with Crippen molar-refractivity contribution >= 4 is 33.4 Å². The predicted molar refractivity (Wildman–Crippen MR) is 115 cm³/mol. The van der Waals surface area contributed by atoms with Crippen LogP contribution in [0.5, 0.6) is 0 Å². The van der Waals surface area contributed by atoms with Crippen LogP contribution in [0.1, 0.15) is 49.0 Å². The zero-order chi connectivity index (χ0) is 20.9. The highest BCUT2D eigenvalue weighted by Gasteiger charge is 2.20. The monoisotopic (exact) mass is 432 g/mol. The Morgan fingerprint density at radius 2 is 2.07 bits per heavy atom. The van der Waals surface area contributed by atoms with E-state index in [9.17, 15) is 14.4 Å². The first kappa shape index (κ1) is 21.0. The normalized spacial score (nSPS) is 18.3. The van der Waals surface area contributed by atoms with Gasteiger partial charge in [0.25, 0.3) is 5.56 Å². The van der Waals surface area contributed by atoms with Crippen LogP contribution in [0.25, 0.3) is 10.2 Å². The first-order valence-corrected chi connectivity index (χ1v) is 11.6. The molecule has 2 N–H and O–H groups in total. The van der Waals surface area contributed by atoms with Gasteiger partial charge in [0.2, 0.25) is 11.8 Å². The number of ether oxygens (including phenoxy) is 1. The first-order valence-electron chi connectivity index (χ1n) is 10.8. The summed E-state index contributed by atoms with van der Waals surface area (Å²) < 4.78 is 6.86. The number of nitrogens with zero attached hydrogens (tertiary/aromatic N) is 2. The van der Waals surface area contributed by atoms with Crippen molar-refractivity contribution < 1.29 is 14.3 Å². The number of fused-ring (bicyclic) bond motifs is 3. The molecule has 162 valence electrons. The zero-order valence-corrected chi connectivity index (χ0v) is 17.9. The van der Waals surface area contributed by atoms with E-state index in [-0.39, 0.29) is 30.0 Å². The molecule has 0 radical (unpaired) electrons. The molecule has 1 atom stereocenters. The minimum absolute atomic E-state index is 0.0344. The summed E-state index contributed by atoms with van der Waals surface area (Å²) >= 11 is 1.60. The molecule has 0 saturated carbocycles. The van der Waals surface area contributed by atoms with Crippen molar-refractivity contribution in [2.75, 3.05) is 19.7 Å². The fourth-order valence-corrected chi connectivity index (χ4v) is 5.32. The molecular weight excluding hydrogens is 404 g/mol. The molecule has 2 aromatic heterocycles. The second-order valence-electron chi connectivity index (χ2n) is 7.96. The molecule has 4 rings (SSSR count). The molecule has 1 aliphatic carbocycles. The van der Waals surface area contributed by atoms with Gasteiger partial charge < -0.3 is 15.4 Å². The Hall–Kier alpha value is -2.26. The number of thiophene rings is 1. The van der Waals surface area contributed by atoms with Crippen molar-refractivity contribution in [2.45, 2.75) is 64.0 Å². The van der Waals surface area contributed by atoms with Crippen molar-refractivity contribution in [2.24, 2.45) is 0 Å². The van der Waals surface area contributed by atoms with Gasteiger partial charge in [0.15, 0.2) is 0 Å². The summed E-state index contributed by atoms with van der Waals surface area (Å²) in [6.45, 7) is 1.66. The van der Waals surface area contributed by atoms with Crippen molar-refractivity contribution in [1.29, 1.82) is 0 Å². The Balaban J connectivity index is 1.24. The fourth-order valence-electron chi connectivity index (χ4n) is 4.10. The van der Waals surface area contributed by atoms with Gasteiger partial charge in [-0.2, -0.15) is 0 Å². The van der Waals surface area contributed by atoms with Gasteiger partial charge in [0.1, 0.15) is 11.4 Å². The molecule has 1 fully saturated rings. The molecule has 1 unspecified atom stereocenters. The number of aromatic nitrogens is 2. The van der Waals surface area contributed by atoms with Crippen LogP contribution >= 0.6 is 11.3 Å². The van der Waals surface area contributed by atoms with Gasteiger partial charge in [0.05, 0.1) is 17.8 Å². The molecule has 1 aliphatic heterocycles. The largest absolute Gasteiger partial charge is 0.376 e. The minimum atomic E-state index is -0.248. The Bertz CT molecular complexity index is 977. The van der Waals surface area contributed by atoms with Crippen LogP contribution in [0.15, 0.2) is 11.1 Å². The lowest BCUT2D eigenvalue weighted by Gasteiger charge is -2.11. The van der Waals surface area contributed by atoms with Crippen LogP contribution in [0.4, 0.5) is 0 Å². The van der Waals surface area contributed by atoms with Crippen molar-refractivity contribution in [3.63, 3.8) is 0 Å². The lowest BCUT2D eigenvalue weighted by atomic mass is 9.97. The molecule has 3 heterocycles. The van der Waals surface area contributed by atoms with E-state index in [1.165, 1.54) is 15.8 Å². The summed E-state index contributed by atoms with van der Waals surface area (Å²) in [4.78, 5) is 43.5. The standard InChI is InChI=1S/C21H28N4O4S/c26-17(23-11-14-5-4-10-29-14)8-3-9-22-18(27)12-25-13-24-20-19(21(25)28)15-6-1-2-7-16(15)30-20/h13-14H,1-12H2,(H,22,27)(H,23,26). The highest BCUT2D eigenvalue weighted by Crippen LogP contribution is 2.33. The number of carbonyl (C=O) groups is 2. The van der Waals surface area contributed by atoms with Crippen LogP contribution in [-0.2, 0) is 33.7 Å². The van der Waals surface area contributed by atoms with Crippen LogP contribution in [0, 0.1) is 0 Å². The van der Waals surface area contributed by atoms with Crippen LogP contribution < -0.4 is 16.2 Å². The summed E-state index contributed by atoms with van der Waals surface area (Å²) in [7, 11) is 0. The van der Waals surface area contributed by atoms with E-state index in [4.69, 9.17) is 4.74 Å². The maximum absolute atomic E-state index is 12.9. The topological polar surface area (TPSA) is 102 Å². The number of amides is 2. The molecule has 0 spiro atoms. The average Bonchev–Trinajstić information content (AvgIpc) is 3.39. The number of hydrogen-bond donors (Lipinski definition) is 2. The molecule has 0 bridgehead atoms. The number of carbonyl (C=O) groups excluding carboxylic acids is 2. The van der Waals surface area contributed by atoms with Crippen LogP contribution in [-0.4, -0.2) is 47.2 Å². The van der Waals surface area contributed by atoms with Gasteiger partial charge in [-0.3, -0.25) is 19.0 Å². The lowest BCUT2D eigenvalue weighted by Crippen LogP contribution is -2.34. The Kier molecular flexibility index (Phi) is 6.79. The summed E-state index contributed by atoms with van der Waals surface area (Å²) in [6.07, 6.45) is 8.70. The third-order valence-corrected chi connectivity index (χ3v) is 6.91. The second-order valence-corrected chi connectivity index (χ2v) is 9.04. The maximum atomic E-state index is 12.9. The fraction of sp³-hybridized carbons (Fsp3) is 0.619. The van der Waals surface area contributed by atoms with E-state index < -0.39 is 0 Å². The minimum Gasteiger partial charge on any atom is -0.376 e. The summed E-state index contributed by atoms with van der Waals surface area (Å²) in [5.74, 6) is -0.282. The van der Waals surface area contributed by atoms with E-state index in [1.54, 1.807) is 11.3 Å². The molecular formula is C21H28N4O4S. The lowest BCUT2D eigenvalue weighted by molar-refractivity contribution is -0.123.